The molecule has 0 spiro atoms. The van der Waals surface area contributed by atoms with Gasteiger partial charge in [0.25, 0.3) is 5.91 Å². The Morgan fingerprint density at radius 2 is 1.76 bits per heavy atom. The van der Waals surface area contributed by atoms with Crippen molar-refractivity contribution in [2.24, 2.45) is 0 Å². The summed E-state index contributed by atoms with van der Waals surface area (Å²) in [4.78, 5) is 28.6. The molecule has 0 fully saturated rings. The second-order valence-electron chi connectivity index (χ2n) is 8.47. The highest BCUT2D eigenvalue weighted by Gasteiger charge is 2.31. The van der Waals surface area contributed by atoms with Gasteiger partial charge in [-0.25, -0.2) is 0 Å². The lowest BCUT2D eigenvalue weighted by atomic mass is 10.0. The summed E-state index contributed by atoms with van der Waals surface area (Å²) in [5, 5.41) is 4.25. The summed E-state index contributed by atoms with van der Waals surface area (Å²) < 4.78 is 6.56. The Labute approximate surface area is 241 Å². The number of ether oxygens (including phenoxy) is 1. The molecule has 0 radical (unpaired) electrons. The van der Waals surface area contributed by atoms with E-state index in [1.54, 1.807) is 36.4 Å². The van der Waals surface area contributed by atoms with E-state index >= 15 is 0 Å². The van der Waals surface area contributed by atoms with Crippen molar-refractivity contribution in [2.75, 3.05) is 13.2 Å². The first-order valence-corrected chi connectivity index (χ1v) is 13.8. The molecule has 0 heterocycles. The van der Waals surface area contributed by atoms with Crippen LogP contribution < -0.4 is 10.1 Å². The van der Waals surface area contributed by atoms with Crippen LogP contribution in [-0.4, -0.2) is 35.9 Å². The summed E-state index contributed by atoms with van der Waals surface area (Å²) in [5.41, 5.74) is 1.59. The van der Waals surface area contributed by atoms with Gasteiger partial charge in [-0.15, -0.1) is 0 Å². The maximum Gasteiger partial charge on any atom is 0.261 e. The van der Waals surface area contributed by atoms with Gasteiger partial charge in [-0.3, -0.25) is 9.59 Å². The molecule has 0 bridgehead atoms. The average molecular weight is 627 g/mol. The third kappa shape index (κ3) is 8.92. The standard InChI is InChI=1S/C28H28BrCl3N2O3/c1-2-3-13-33-28(36)25(14-19-7-5-4-6-8-19)34(17-20-9-11-22(30)16-23(20)31)27(35)18-37-26-12-10-21(29)15-24(26)32/h4-12,15-16,25H,2-3,13-14,17-18H2,1H3,(H,33,36)/t25-/m0/s1. The second-order valence-corrected chi connectivity index (χ2v) is 10.6. The molecule has 2 amide bonds. The molecule has 1 N–H and O–H groups in total. The highest BCUT2D eigenvalue weighted by molar-refractivity contribution is 9.10. The number of halogens is 4. The Kier molecular flexibility index (Phi) is 11.6. The van der Waals surface area contributed by atoms with E-state index in [9.17, 15) is 9.59 Å². The molecule has 0 aliphatic heterocycles. The first-order valence-electron chi connectivity index (χ1n) is 11.9. The lowest BCUT2D eigenvalue weighted by molar-refractivity contribution is -0.142. The fraction of sp³-hybridized carbons (Fsp3) is 0.286. The van der Waals surface area contributed by atoms with Crippen molar-refractivity contribution in [3.63, 3.8) is 0 Å². The van der Waals surface area contributed by atoms with Gasteiger partial charge in [0.15, 0.2) is 6.61 Å². The van der Waals surface area contributed by atoms with Gasteiger partial charge in [0.1, 0.15) is 11.8 Å². The van der Waals surface area contributed by atoms with Gasteiger partial charge in [0.2, 0.25) is 5.91 Å². The third-order valence-corrected chi connectivity index (χ3v) is 7.08. The lowest BCUT2D eigenvalue weighted by Crippen LogP contribution is -2.51. The minimum absolute atomic E-state index is 0.102. The van der Waals surface area contributed by atoms with Crippen LogP contribution in [0.15, 0.2) is 71.2 Å². The molecule has 0 aliphatic carbocycles. The number of unbranched alkanes of at least 4 members (excludes halogenated alkanes) is 1. The zero-order valence-corrected chi connectivity index (χ0v) is 24.2. The quantitative estimate of drug-likeness (QED) is 0.214. The van der Waals surface area contributed by atoms with Crippen LogP contribution in [0, 0.1) is 0 Å². The van der Waals surface area contributed by atoms with E-state index in [4.69, 9.17) is 39.5 Å². The maximum atomic E-state index is 13.6. The molecule has 5 nitrogen and oxygen atoms in total. The van der Waals surface area contributed by atoms with Gasteiger partial charge in [0.05, 0.1) is 5.02 Å². The zero-order chi connectivity index (χ0) is 26.8. The second kappa shape index (κ2) is 14.6. The lowest BCUT2D eigenvalue weighted by Gasteiger charge is -2.32. The van der Waals surface area contributed by atoms with Crippen molar-refractivity contribution < 1.29 is 14.3 Å². The van der Waals surface area contributed by atoms with Crippen molar-refractivity contribution in [3.05, 3.63) is 97.4 Å². The van der Waals surface area contributed by atoms with Gasteiger partial charge < -0.3 is 15.0 Å². The van der Waals surface area contributed by atoms with Crippen LogP contribution in [0.25, 0.3) is 0 Å². The number of amides is 2. The topological polar surface area (TPSA) is 58.6 Å². The van der Waals surface area contributed by atoms with E-state index in [0.29, 0.717) is 39.3 Å². The van der Waals surface area contributed by atoms with Crippen molar-refractivity contribution in [1.29, 1.82) is 0 Å². The zero-order valence-electron chi connectivity index (χ0n) is 20.4. The van der Waals surface area contributed by atoms with E-state index in [2.05, 4.69) is 28.2 Å². The summed E-state index contributed by atoms with van der Waals surface area (Å²) in [5.74, 6) is -0.247. The molecule has 9 heteroatoms. The van der Waals surface area contributed by atoms with Crippen LogP contribution >= 0.6 is 50.7 Å². The van der Waals surface area contributed by atoms with Crippen LogP contribution in [0.1, 0.15) is 30.9 Å². The third-order valence-electron chi connectivity index (χ3n) is 5.70. The minimum atomic E-state index is -0.789. The number of benzene rings is 3. The van der Waals surface area contributed by atoms with Crippen LogP contribution in [-0.2, 0) is 22.6 Å². The van der Waals surface area contributed by atoms with Crippen molar-refractivity contribution >= 4 is 62.5 Å². The minimum Gasteiger partial charge on any atom is -0.482 e. The highest BCUT2D eigenvalue weighted by Crippen LogP contribution is 2.28. The Morgan fingerprint density at radius 3 is 2.43 bits per heavy atom. The predicted octanol–water partition coefficient (Wildman–Crippen LogP) is 7.34. The number of nitrogens with one attached hydrogen (secondary N) is 1. The Balaban J connectivity index is 1.92. The van der Waals surface area contributed by atoms with E-state index in [1.165, 1.54) is 4.90 Å². The van der Waals surface area contributed by atoms with Crippen molar-refractivity contribution in [2.45, 2.75) is 38.8 Å². The molecule has 0 unspecified atom stereocenters. The number of carbonyl (C=O) groups excluding carboxylic acids is 2. The molecule has 3 rings (SSSR count). The molecular weight excluding hydrogens is 599 g/mol. The van der Waals surface area contributed by atoms with Crippen molar-refractivity contribution in [3.8, 4) is 5.75 Å². The van der Waals surface area contributed by atoms with Gasteiger partial charge in [-0.1, -0.05) is 100 Å². The summed E-state index contributed by atoms with van der Waals surface area (Å²) in [6.07, 6.45) is 2.11. The van der Waals surface area contributed by atoms with E-state index in [1.807, 2.05) is 30.3 Å². The van der Waals surface area contributed by atoms with E-state index in [-0.39, 0.29) is 25.0 Å². The number of hydrogen-bond donors (Lipinski definition) is 1. The predicted molar refractivity (Wildman–Crippen MR) is 154 cm³/mol. The number of rotatable bonds is 12. The summed E-state index contributed by atoms with van der Waals surface area (Å²) in [6, 6.07) is 19.0. The Hall–Kier alpha value is -2.25. The maximum absolute atomic E-state index is 13.6. The fourth-order valence-corrected chi connectivity index (χ4v) is 4.90. The first-order chi connectivity index (χ1) is 17.8. The van der Waals surface area contributed by atoms with Gasteiger partial charge >= 0.3 is 0 Å². The summed E-state index contributed by atoms with van der Waals surface area (Å²) in [6.45, 7) is 2.37. The molecule has 0 saturated heterocycles. The molecule has 1 atom stereocenters. The van der Waals surface area contributed by atoms with Gasteiger partial charge in [-0.2, -0.15) is 0 Å². The molecule has 196 valence electrons. The Bertz CT molecular complexity index is 1210. The van der Waals surface area contributed by atoms with Crippen LogP contribution in [0.5, 0.6) is 5.75 Å². The van der Waals surface area contributed by atoms with E-state index < -0.39 is 6.04 Å². The van der Waals surface area contributed by atoms with E-state index in [0.717, 1.165) is 22.9 Å². The van der Waals surface area contributed by atoms with Crippen molar-refractivity contribution in [1.82, 2.24) is 10.2 Å². The number of nitrogens with zero attached hydrogens (tertiary/aromatic N) is 1. The molecule has 0 aromatic heterocycles. The average Bonchev–Trinajstić information content (AvgIpc) is 2.87. The molecule has 3 aromatic rings. The Morgan fingerprint density at radius 1 is 1.00 bits per heavy atom. The van der Waals surface area contributed by atoms with Gasteiger partial charge in [-0.05, 0) is 47.9 Å². The van der Waals surface area contributed by atoms with Crippen LogP contribution in [0.4, 0.5) is 0 Å². The monoisotopic (exact) mass is 624 g/mol. The highest BCUT2D eigenvalue weighted by atomic mass is 79.9. The fourth-order valence-electron chi connectivity index (χ4n) is 3.71. The number of carbonyl (C=O) groups is 2. The molecule has 3 aromatic carbocycles. The van der Waals surface area contributed by atoms with Gasteiger partial charge in [0, 0.05) is 34.0 Å². The summed E-state index contributed by atoms with van der Waals surface area (Å²) in [7, 11) is 0. The first kappa shape index (κ1) is 29.3. The molecular formula is C28H28BrCl3N2O3. The molecule has 0 aliphatic rings. The molecule has 37 heavy (non-hydrogen) atoms. The normalized spacial score (nSPS) is 11.6. The summed E-state index contributed by atoms with van der Waals surface area (Å²) >= 11 is 22.2. The number of hydrogen-bond acceptors (Lipinski definition) is 3. The molecule has 0 saturated carbocycles. The van der Waals surface area contributed by atoms with Crippen LogP contribution in [0.2, 0.25) is 15.1 Å². The largest absolute Gasteiger partial charge is 0.482 e. The van der Waals surface area contributed by atoms with Crippen LogP contribution in [0.3, 0.4) is 0 Å². The SMILES string of the molecule is CCCCNC(=O)[C@H](Cc1ccccc1)N(Cc1ccc(Cl)cc1Cl)C(=O)COc1ccc(Br)cc1Cl. The smallest absolute Gasteiger partial charge is 0.261 e.